The standard InChI is InChI=1S/C11H13NO4/c1-9(13)16-8-11(12(14)15)7-10-5-3-2-4-6-10/h2-6,11H,7-8H2,1H3. The number of hydrogen-bond acceptors (Lipinski definition) is 4. The predicted octanol–water partition coefficient (Wildman–Crippen LogP) is 1.44. The van der Waals surface area contributed by atoms with Crippen LogP contribution in [0.25, 0.3) is 0 Å². The highest BCUT2D eigenvalue weighted by molar-refractivity contribution is 5.65. The van der Waals surface area contributed by atoms with Crippen molar-refractivity contribution in [3.63, 3.8) is 0 Å². The van der Waals surface area contributed by atoms with E-state index in [0.717, 1.165) is 5.56 Å². The molecular formula is C11H13NO4. The van der Waals surface area contributed by atoms with Crippen LogP contribution >= 0.6 is 0 Å². The minimum absolute atomic E-state index is 0.183. The molecule has 1 atom stereocenters. The summed E-state index contributed by atoms with van der Waals surface area (Å²) in [5, 5.41) is 10.7. The summed E-state index contributed by atoms with van der Waals surface area (Å²) in [7, 11) is 0. The molecule has 0 radical (unpaired) electrons. The molecule has 0 aromatic heterocycles. The van der Waals surface area contributed by atoms with E-state index in [4.69, 9.17) is 0 Å². The van der Waals surface area contributed by atoms with Crippen LogP contribution in [-0.4, -0.2) is 23.5 Å². The zero-order valence-electron chi connectivity index (χ0n) is 8.96. The van der Waals surface area contributed by atoms with Crippen LogP contribution in [0, 0.1) is 10.1 Å². The first-order chi connectivity index (χ1) is 7.59. The number of rotatable bonds is 5. The fraction of sp³-hybridized carbons (Fsp3) is 0.364. The predicted molar refractivity (Wildman–Crippen MR) is 57.6 cm³/mol. The smallest absolute Gasteiger partial charge is 0.302 e. The first-order valence-corrected chi connectivity index (χ1v) is 4.90. The molecule has 1 aromatic carbocycles. The lowest BCUT2D eigenvalue weighted by molar-refractivity contribution is -0.525. The number of nitro groups is 1. The molecule has 0 heterocycles. The Morgan fingerprint density at radius 1 is 1.44 bits per heavy atom. The van der Waals surface area contributed by atoms with E-state index in [1.807, 2.05) is 30.3 Å². The second-order valence-electron chi connectivity index (χ2n) is 3.43. The first-order valence-electron chi connectivity index (χ1n) is 4.90. The molecule has 0 N–H and O–H groups in total. The molecule has 5 heteroatoms. The minimum atomic E-state index is -0.883. The van der Waals surface area contributed by atoms with Gasteiger partial charge in [-0.2, -0.15) is 0 Å². The number of benzene rings is 1. The summed E-state index contributed by atoms with van der Waals surface area (Å²) in [5.41, 5.74) is 0.858. The van der Waals surface area contributed by atoms with Crippen LogP contribution in [0.5, 0.6) is 0 Å². The number of carbonyl (C=O) groups is 1. The van der Waals surface area contributed by atoms with Gasteiger partial charge in [-0.3, -0.25) is 14.9 Å². The fourth-order valence-corrected chi connectivity index (χ4v) is 1.29. The van der Waals surface area contributed by atoms with Gasteiger partial charge in [0.1, 0.15) is 0 Å². The van der Waals surface area contributed by atoms with Crippen molar-refractivity contribution in [1.82, 2.24) is 0 Å². The molecule has 1 rings (SSSR count). The third-order valence-electron chi connectivity index (χ3n) is 2.09. The highest BCUT2D eigenvalue weighted by Crippen LogP contribution is 2.06. The van der Waals surface area contributed by atoms with E-state index in [2.05, 4.69) is 4.74 Å². The van der Waals surface area contributed by atoms with Crippen molar-refractivity contribution in [1.29, 1.82) is 0 Å². The van der Waals surface area contributed by atoms with Crippen LogP contribution in [-0.2, 0) is 16.0 Å². The van der Waals surface area contributed by atoms with Crippen LogP contribution in [0.1, 0.15) is 12.5 Å². The molecule has 0 amide bonds. The normalized spacial score (nSPS) is 11.8. The maximum atomic E-state index is 10.7. The lowest BCUT2D eigenvalue weighted by atomic mass is 10.1. The quantitative estimate of drug-likeness (QED) is 0.430. The number of ether oxygens (including phenoxy) is 1. The average Bonchev–Trinajstić information content (AvgIpc) is 2.25. The number of hydrogen-bond donors (Lipinski definition) is 0. The molecule has 0 saturated carbocycles. The van der Waals surface area contributed by atoms with Crippen LogP contribution in [0.2, 0.25) is 0 Å². The molecule has 5 nitrogen and oxygen atoms in total. The molecule has 0 fully saturated rings. The molecule has 0 aliphatic carbocycles. The van der Waals surface area contributed by atoms with Crippen molar-refractivity contribution >= 4 is 5.97 Å². The van der Waals surface area contributed by atoms with Crippen molar-refractivity contribution in [3.05, 3.63) is 46.0 Å². The summed E-state index contributed by atoms with van der Waals surface area (Å²) in [4.78, 5) is 20.9. The van der Waals surface area contributed by atoms with Crippen LogP contribution in [0.3, 0.4) is 0 Å². The molecule has 1 aromatic rings. The fourth-order valence-electron chi connectivity index (χ4n) is 1.29. The minimum Gasteiger partial charge on any atom is -0.459 e. The second-order valence-corrected chi connectivity index (χ2v) is 3.43. The molecule has 0 bridgehead atoms. The Morgan fingerprint density at radius 3 is 2.56 bits per heavy atom. The van der Waals surface area contributed by atoms with E-state index < -0.39 is 16.9 Å². The SMILES string of the molecule is CC(=O)OCC(Cc1ccccc1)[N+](=O)[O-]. The van der Waals surface area contributed by atoms with Gasteiger partial charge in [-0.15, -0.1) is 0 Å². The Morgan fingerprint density at radius 2 is 2.06 bits per heavy atom. The Labute approximate surface area is 93.2 Å². The molecule has 0 saturated heterocycles. The summed E-state index contributed by atoms with van der Waals surface area (Å²) in [5.74, 6) is -0.500. The zero-order valence-corrected chi connectivity index (χ0v) is 8.96. The molecule has 86 valence electrons. The Kier molecular flexibility index (Phi) is 4.44. The highest BCUT2D eigenvalue weighted by Gasteiger charge is 2.21. The average molecular weight is 223 g/mol. The van der Waals surface area contributed by atoms with Crippen molar-refractivity contribution < 1.29 is 14.5 Å². The Bertz CT molecular complexity index is 364. The van der Waals surface area contributed by atoms with Gasteiger partial charge in [-0.25, -0.2) is 0 Å². The van der Waals surface area contributed by atoms with Crippen molar-refractivity contribution in [2.45, 2.75) is 19.4 Å². The van der Waals surface area contributed by atoms with E-state index in [-0.39, 0.29) is 13.0 Å². The highest BCUT2D eigenvalue weighted by atomic mass is 16.6. The summed E-state index contributed by atoms with van der Waals surface area (Å²) >= 11 is 0. The number of nitrogens with zero attached hydrogens (tertiary/aromatic N) is 1. The van der Waals surface area contributed by atoms with Crippen molar-refractivity contribution in [3.8, 4) is 0 Å². The van der Waals surface area contributed by atoms with Gasteiger partial charge >= 0.3 is 5.97 Å². The molecule has 0 aliphatic heterocycles. The van der Waals surface area contributed by atoms with E-state index >= 15 is 0 Å². The summed E-state index contributed by atoms with van der Waals surface area (Å²) < 4.78 is 4.66. The molecule has 1 unspecified atom stereocenters. The van der Waals surface area contributed by atoms with Gasteiger partial charge in [0.15, 0.2) is 6.61 Å². The van der Waals surface area contributed by atoms with E-state index in [0.29, 0.717) is 0 Å². The van der Waals surface area contributed by atoms with Crippen molar-refractivity contribution in [2.75, 3.05) is 6.61 Å². The zero-order chi connectivity index (χ0) is 12.0. The van der Waals surface area contributed by atoms with Gasteiger partial charge < -0.3 is 4.74 Å². The van der Waals surface area contributed by atoms with Gasteiger partial charge in [0, 0.05) is 18.3 Å². The molecule has 0 spiro atoms. The third-order valence-corrected chi connectivity index (χ3v) is 2.09. The van der Waals surface area contributed by atoms with E-state index in [9.17, 15) is 14.9 Å². The van der Waals surface area contributed by atoms with Gasteiger partial charge in [0.05, 0.1) is 0 Å². The molecule has 0 aliphatic rings. The van der Waals surface area contributed by atoms with Gasteiger partial charge in [-0.1, -0.05) is 30.3 Å². The number of carbonyl (C=O) groups excluding carboxylic acids is 1. The van der Waals surface area contributed by atoms with Crippen molar-refractivity contribution in [2.24, 2.45) is 0 Å². The number of esters is 1. The first kappa shape index (κ1) is 12.2. The summed E-state index contributed by atoms with van der Waals surface area (Å²) in [6.45, 7) is 1.05. The summed E-state index contributed by atoms with van der Waals surface area (Å²) in [6, 6.07) is 8.22. The lowest BCUT2D eigenvalue weighted by Gasteiger charge is -2.09. The lowest BCUT2D eigenvalue weighted by Crippen LogP contribution is -2.28. The van der Waals surface area contributed by atoms with Crippen LogP contribution < -0.4 is 0 Å². The molecular weight excluding hydrogens is 210 g/mol. The van der Waals surface area contributed by atoms with Gasteiger partial charge in [-0.05, 0) is 5.56 Å². The topological polar surface area (TPSA) is 69.4 Å². The maximum Gasteiger partial charge on any atom is 0.302 e. The third kappa shape index (κ3) is 4.08. The molecule has 16 heavy (non-hydrogen) atoms. The van der Waals surface area contributed by atoms with E-state index in [1.165, 1.54) is 6.92 Å². The maximum absolute atomic E-state index is 10.7. The Balaban J connectivity index is 2.58. The van der Waals surface area contributed by atoms with Gasteiger partial charge in [0.2, 0.25) is 0 Å². The Hall–Kier alpha value is -1.91. The monoisotopic (exact) mass is 223 g/mol. The van der Waals surface area contributed by atoms with Gasteiger partial charge in [0.25, 0.3) is 6.04 Å². The summed E-state index contributed by atoms with van der Waals surface area (Å²) in [6.07, 6.45) is 0.265. The second kappa shape index (κ2) is 5.85. The largest absolute Gasteiger partial charge is 0.459 e. The van der Waals surface area contributed by atoms with Crippen LogP contribution in [0.15, 0.2) is 30.3 Å². The van der Waals surface area contributed by atoms with E-state index in [1.54, 1.807) is 0 Å². The van der Waals surface area contributed by atoms with Crippen LogP contribution in [0.4, 0.5) is 0 Å².